The predicted octanol–water partition coefficient (Wildman–Crippen LogP) is 3.12. The quantitative estimate of drug-likeness (QED) is 0.563. The number of aromatic nitrogens is 3. The van der Waals surface area contributed by atoms with Crippen LogP contribution in [0.25, 0.3) is 16.6 Å². The third-order valence-corrected chi connectivity index (χ3v) is 7.07. The van der Waals surface area contributed by atoms with Gasteiger partial charge < -0.3 is 14.5 Å². The molecule has 3 aromatic heterocycles. The summed E-state index contributed by atoms with van der Waals surface area (Å²) in [6, 6.07) is 8.23. The minimum Gasteiger partial charge on any atom is -0.492 e. The maximum Gasteiger partial charge on any atom is 0.298 e. The van der Waals surface area contributed by atoms with Crippen molar-refractivity contribution in [3.63, 3.8) is 0 Å². The Morgan fingerprint density at radius 3 is 2.71 bits per heavy atom. The number of likely N-dealkylation sites (tertiary alicyclic amines) is 1. The van der Waals surface area contributed by atoms with Crippen molar-refractivity contribution in [3.05, 3.63) is 42.4 Å². The van der Waals surface area contributed by atoms with Crippen LogP contribution in [0.15, 0.2) is 36.8 Å². The maximum absolute atomic E-state index is 11.9. The molecule has 1 amide bonds. The first-order valence-corrected chi connectivity index (χ1v) is 11.6. The zero-order valence-corrected chi connectivity index (χ0v) is 19.2. The molecule has 0 bridgehead atoms. The third-order valence-electron chi connectivity index (χ3n) is 7.07. The Bertz CT molecular complexity index is 1310. The van der Waals surface area contributed by atoms with Gasteiger partial charge in [0.15, 0.2) is 0 Å². The molecule has 0 saturated carbocycles. The number of ether oxygens (including phenoxy) is 1. The topological polar surface area (TPSA) is 86.8 Å². The van der Waals surface area contributed by atoms with E-state index in [1.807, 2.05) is 36.2 Å². The number of terminal acetylenes is 1. The number of carbonyl (C=O) groups excluding carboxylic acids is 1. The second kappa shape index (κ2) is 8.72. The van der Waals surface area contributed by atoms with Crippen LogP contribution in [0, 0.1) is 29.1 Å². The van der Waals surface area contributed by atoms with Gasteiger partial charge >= 0.3 is 0 Å². The number of rotatable bonds is 4. The summed E-state index contributed by atoms with van der Waals surface area (Å²) in [5.74, 6) is 3.67. The van der Waals surface area contributed by atoms with Crippen molar-refractivity contribution in [2.24, 2.45) is 5.41 Å². The first-order valence-electron chi connectivity index (χ1n) is 11.6. The molecule has 8 nitrogen and oxygen atoms in total. The van der Waals surface area contributed by atoms with Crippen LogP contribution in [0.5, 0.6) is 5.75 Å². The number of pyridine rings is 2. The van der Waals surface area contributed by atoms with Crippen LogP contribution in [-0.4, -0.2) is 58.2 Å². The summed E-state index contributed by atoms with van der Waals surface area (Å²) in [5, 5.41) is 13.9. The van der Waals surface area contributed by atoms with Gasteiger partial charge in [0.2, 0.25) is 0 Å². The second-order valence-corrected chi connectivity index (χ2v) is 9.00. The van der Waals surface area contributed by atoms with E-state index in [9.17, 15) is 10.1 Å². The Morgan fingerprint density at radius 2 is 2.03 bits per heavy atom. The molecule has 0 unspecified atom stereocenters. The van der Waals surface area contributed by atoms with Crippen LogP contribution >= 0.6 is 0 Å². The van der Waals surface area contributed by atoms with Crippen LogP contribution in [0.2, 0.25) is 0 Å². The van der Waals surface area contributed by atoms with Gasteiger partial charge in [0.05, 0.1) is 30.1 Å². The lowest BCUT2D eigenvalue weighted by atomic mass is 9.78. The number of nitriles is 1. The Balaban J connectivity index is 1.35. The van der Waals surface area contributed by atoms with Gasteiger partial charge in [0.1, 0.15) is 17.6 Å². The largest absolute Gasteiger partial charge is 0.492 e. The highest BCUT2D eigenvalue weighted by Crippen LogP contribution is 2.41. The molecule has 0 radical (unpaired) electrons. The van der Waals surface area contributed by atoms with Crippen LogP contribution in [0.4, 0.5) is 5.82 Å². The lowest BCUT2D eigenvalue weighted by Crippen LogP contribution is -2.42. The van der Waals surface area contributed by atoms with E-state index in [0.717, 1.165) is 67.9 Å². The number of piperidine rings is 1. The number of nitrogens with zero attached hydrogens (tertiary/aromatic N) is 6. The van der Waals surface area contributed by atoms with Crippen molar-refractivity contribution in [1.29, 1.82) is 5.26 Å². The van der Waals surface area contributed by atoms with Crippen LogP contribution in [-0.2, 0) is 4.79 Å². The zero-order valence-electron chi connectivity index (χ0n) is 19.2. The van der Waals surface area contributed by atoms with Gasteiger partial charge in [-0.15, -0.1) is 6.42 Å². The number of hydrogen-bond donors (Lipinski definition) is 0. The minimum atomic E-state index is -0.197. The summed E-state index contributed by atoms with van der Waals surface area (Å²) in [5.41, 5.74) is 3.19. The van der Waals surface area contributed by atoms with Crippen molar-refractivity contribution in [3.8, 4) is 35.3 Å². The zero-order chi connectivity index (χ0) is 23.7. The first-order chi connectivity index (χ1) is 16.6. The van der Waals surface area contributed by atoms with Gasteiger partial charge in [0.25, 0.3) is 5.91 Å². The van der Waals surface area contributed by atoms with Gasteiger partial charge in [-0.3, -0.25) is 4.79 Å². The second-order valence-electron chi connectivity index (χ2n) is 9.00. The molecular formula is C26H26N6O2. The summed E-state index contributed by atoms with van der Waals surface area (Å²) < 4.78 is 7.39. The summed E-state index contributed by atoms with van der Waals surface area (Å²) in [7, 11) is 0. The van der Waals surface area contributed by atoms with Crippen molar-refractivity contribution >= 4 is 17.2 Å². The van der Waals surface area contributed by atoms with E-state index in [2.05, 4.69) is 22.0 Å². The van der Waals surface area contributed by atoms with Crippen molar-refractivity contribution in [2.45, 2.75) is 26.2 Å². The fraction of sp³-hybridized carbons (Fsp3) is 0.385. The molecule has 3 aromatic rings. The lowest BCUT2D eigenvalue weighted by molar-refractivity contribution is -0.124. The smallest absolute Gasteiger partial charge is 0.298 e. The van der Waals surface area contributed by atoms with E-state index in [1.165, 1.54) is 0 Å². The van der Waals surface area contributed by atoms with Crippen LogP contribution in [0.3, 0.4) is 0 Å². The van der Waals surface area contributed by atoms with Gasteiger partial charge in [-0.2, -0.15) is 10.4 Å². The molecule has 2 saturated heterocycles. The minimum absolute atomic E-state index is 0.171. The average molecular weight is 455 g/mol. The Hall–Kier alpha value is -4.04. The number of hydrogen-bond acceptors (Lipinski definition) is 6. The van der Waals surface area contributed by atoms with E-state index < -0.39 is 0 Å². The molecule has 8 heteroatoms. The number of amides is 1. The fourth-order valence-electron chi connectivity index (χ4n) is 5.19. The molecule has 2 aliphatic heterocycles. The van der Waals surface area contributed by atoms with Gasteiger partial charge in [-0.25, -0.2) is 9.50 Å². The summed E-state index contributed by atoms with van der Waals surface area (Å²) in [4.78, 5) is 20.7. The van der Waals surface area contributed by atoms with Crippen molar-refractivity contribution in [1.82, 2.24) is 19.5 Å². The molecule has 1 spiro atoms. The average Bonchev–Trinajstić information content (AvgIpc) is 3.48. The molecule has 0 N–H and O–H groups in total. The van der Waals surface area contributed by atoms with Gasteiger partial charge in [-0.1, -0.05) is 0 Å². The lowest BCUT2D eigenvalue weighted by Gasteiger charge is -2.39. The highest BCUT2D eigenvalue weighted by atomic mass is 16.5. The first kappa shape index (κ1) is 21.8. The van der Waals surface area contributed by atoms with E-state index >= 15 is 0 Å². The Kier molecular flexibility index (Phi) is 5.59. The van der Waals surface area contributed by atoms with Gasteiger partial charge in [0, 0.05) is 43.5 Å². The highest BCUT2D eigenvalue weighted by molar-refractivity contribution is 5.93. The monoisotopic (exact) mass is 454 g/mol. The highest BCUT2D eigenvalue weighted by Gasteiger charge is 2.41. The molecule has 5 rings (SSSR count). The fourth-order valence-corrected chi connectivity index (χ4v) is 5.19. The Labute approximate surface area is 198 Å². The number of fused-ring (bicyclic) bond motifs is 1. The van der Waals surface area contributed by atoms with E-state index in [1.54, 1.807) is 16.9 Å². The summed E-state index contributed by atoms with van der Waals surface area (Å²) in [6.07, 6.45) is 13.6. The summed E-state index contributed by atoms with van der Waals surface area (Å²) >= 11 is 0. The summed E-state index contributed by atoms with van der Waals surface area (Å²) in [6.45, 7) is 5.79. The predicted molar refractivity (Wildman–Crippen MR) is 128 cm³/mol. The number of anilines is 1. The number of carbonyl (C=O) groups is 1. The molecule has 0 aliphatic carbocycles. The molecule has 172 valence electrons. The molecule has 0 aromatic carbocycles. The van der Waals surface area contributed by atoms with Crippen LogP contribution in [0.1, 0.15) is 31.7 Å². The molecule has 34 heavy (non-hydrogen) atoms. The third kappa shape index (κ3) is 3.82. The van der Waals surface area contributed by atoms with Crippen LogP contribution < -0.4 is 9.64 Å². The Morgan fingerprint density at radius 1 is 1.24 bits per heavy atom. The van der Waals surface area contributed by atoms with E-state index in [-0.39, 0.29) is 11.3 Å². The van der Waals surface area contributed by atoms with Crippen molar-refractivity contribution in [2.75, 3.05) is 37.7 Å². The molecule has 2 fully saturated rings. The standard InChI is InChI=1S/C26H26N6O2/c1-3-24(33)31-12-9-26(18-31)7-10-30(11-8-26)23-6-5-19(15-28-23)22-13-21(34-4-2)17-32-25(22)20(14-27)16-29-32/h1,5-6,13,15-17H,4,7-12,18H2,2H3. The SMILES string of the molecule is C#CC(=O)N1CCC2(CCN(c3ccc(-c4cc(OCC)cn5ncc(C#N)c45)cn3)CC2)C1. The molecule has 2 aliphatic rings. The van der Waals surface area contributed by atoms with E-state index in [4.69, 9.17) is 16.1 Å². The maximum atomic E-state index is 11.9. The normalized spacial score (nSPS) is 17.0. The van der Waals surface area contributed by atoms with Crippen molar-refractivity contribution < 1.29 is 9.53 Å². The molecule has 0 atom stereocenters. The molecule has 5 heterocycles. The van der Waals surface area contributed by atoms with Gasteiger partial charge in [-0.05, 0) is 55.7 Å². The molecular weight excluding hydrogens is 428 g/mol. The van der Waals surface area contributed by atoms with E-state index in [0.29, 0.717) is 17.9 Å².